The molecule has 1 unspecified atom stereocenters. The Hall–Kier alpha value is -1.47. The van der Waals surface area contributed by atoms with Gasteiger partial charge in [0.1, 0.15) is 5.75 Å². The van der Waals surface area contributed by atoms with Gasteiger partial charge >= 0.3 is 12.0 Å². The molecule has 1 heterocycles. The van der Waals surface area contributed by atoms with Crippen LogP contribution < -0.4 is 4.74 Å². The van der Waals surface area contributed by atoms with Gasteiger partial charge in [-0.05, 0) is 18.2 Å². The Kier molecular flexibility index (Phi) is 2.90. The van der Waals surface area contributed by atoms with Crippen LogP contribution in [0, 0.1) is 0 Å². The molecule has 0 radical (unpaired) electrons. The molecule has 0 aliphatic carbocycles. The first kappa shape index (κ1) is 13.0. The number of halogens is 4. The van der Waals surface area contributed by atoms with Crippen LogP contribution in [0.5, 0.6) is 5.75 Å². The standard InChI is InChI=1S/C10H7ClF3NO3/c11-5-1-2-8-6(3-5)7(15-17)4-9(16,18-8)10(12,13)14/h1-3,16-17H,4H2/b15-7+. The molecule has 0 amide bonds. The number of hydrogen-bond acceptors (Lipinski definition) is 4. The van der Waals surface area contributed by atoms with Crippen molar-refractivity contribution in [2.24, 2.45) is 5.16 Å². The van der Waals surface area contributed by atoms with E-state index in [4.69, 9.17) is 16.8 Å². The number of hydrogen-bond donors (Lipinski definition) is 2. The third-order valence-corrected chi connectivity index (χ3v) is 2.74. The van der Waals surface area contributed by atoms with Crippen molar-refractivity contribution < 1.29 is 28.2 Å². The fourth-order valence-corrected chi connectivity index (χ4v) is 1.78. The van der Waals surface area contributed by atoms with Crippen LogP contribution in [0.1, 0.15) is 12.0 Å². The lowest BCUT2D eigenvalue weighted by atomic mass is 9.97. The van der Waals surface area contributed by atoms with Crippen LogP contribution in [-0.4, -0.2) is 28.0 Å². The summed E-state index contributed by atoms with van der Waals surface area (Å²) in [4.78, 5) is 0. The van der Waals surface area contributed by atoms with E-state index in [1.807, 2.05) is 0 Å². The summed E-state index contributed by atoms with van der Waals surface area (Å²) in [7, 11) is 0. The molecule has 1 aliphatic heterocycles. The summed E-state index contributed by atoms with van der Waals surface area (Å²) in [5.41, 5.74) is -0.238. The second kappa shape index (κ2) is 4.03. The number of oxime groups is 1. The van der Waals surface area contributed by atoms with E-state index < -0.39 is 18.4 Å². The van der Waals surface area contributed by atoms with Gasteiger partial charge in [-0.15, -0.1) is 0 Å². The number of fused-ring (bicyclic) bond motifs is 1. The second-order valence-electron chi connectivity index (χ2n) is 3.75. The molecule has 0 fully saturated rings. The molecule has 0 saturated heterocycles. The smallest absolute Gasteiger partial charge is 0.452 e. The van der Waals surface area contributed by atoms with Crippen molar-refractivity contribution in [3.8, 4) is 5.75 Å². The number of benzene rings is 1. The minimum atomic E-state index is -5.01. The number of alkyl halides is 3. The van der Waals surface area contributed by atoms with Crippen LogP contribution in [-0.2, 0) is 0 Å². The molecule has 1 aliphatic rings. The third-order valence-electron chi connectivity index (χ3n) is 2.50. The van der Waals surface area contributed by atoms with Crippen molar-refractivity contribution >= 4 is 17.3 Å². The lowest BCUT2D eigenvalue weighted by Crippen LogP contribution is -2.54. The highest BCUT2D eigenvalue weighted by Gasteiger charge is 2.59. The zero-order chi connectivity index (χ0) is 13.6. The first-order chi connectivity index (χ1) is 8.27. The van der Waals surface area contributed by atoms with Crippen molar-refractivity contribution in [3.63, 3.8) is 0 Å². The molecule has 18 heavy (non-hydrogen) atoms. The number of aliphatic hydroxyl groups is 1. The van der Waals surface area contributed by atoms with Gasteiger partial charge in [0.15, 0.2) is 0 Å². The normalized spacial score (nSPS) is 25.7. The van der Waals surface area contributed by atoms with Crippen molar-refractivity contribution in [2.45, 2.75) is 18.4 Å². The lowest BCUT2D eigenvalue weighted by Gasteiger charge is -2.35. The summed E-state index contributed by atoms with van der Waals surface area (Å²) in [6, 6.07) is 3.76. The Morgan fingerprint density at radius 3 is 2.61 bits per heavy atom. The minimum Gasteiger partial charge on any atom is -0.452 e. The van der Waals surface area contributed by atoms with Gasteiger partial charge in [0.05, 0.1) is 12.1 Å². The summed E-state index contributed by atoms with van der Waals surface area (Å²) < 4.78 is 42.6. The molecule has 2 rings (SSSR count). The largest absolute Gasteiger partial charge is 0.455 e. The van der Waals surface area contributed by atoms with E-state index in [0.29, 0.717) is 0 Å². The van der Waals surface area contributed by atoms with Crippen LogP contribution in [0.4, 0.5) is 13.2 Å². The monoisotopic (exact) mass is 281 g/mol. The molecule has 8 heteroatoms. The third kappa shape index (κ3) is 1.99. The maximum absolute atomic E-state index is 12.7. The van der Waals surface area contributed by atoms with Crippen LogP contribution in [0.2, 0.25) is 5.02 Å². The second-order valence-corrected chi connectivity index (χ2v) is 4.18. The number of ether oxygens (including phenoxy) is 1. The molecule has 98 valence electrons. The maximum Gasteiger partial charge on any atom is 0.455 e. The zero-order valence-corrected chi connectivity index (χ0v) is 9.46. The Bertz CT molecular complexity index is 518. The van der Waals surface area contributed by atoms with E-state index in [0.717, 1.165) is 0 Å². The molecule has 0 saturated carbocycles. The average molecular weight is 282 g/mol. The summed E-state index contributed by atoms with van der Waals surface area (Å²) in [6.07, 6.45) is -6.03. The minimum absolute atomic E-state index is 0.110. The van der Waals surface area contributed by atoms with E-state index in [1.165, 1.54) is 18.2 Å². The van der Waals surface area contributed by atoms with Gasteiger partial charge < -0.3 is 15.1 Å². The van der Waals surface area contributed by atoms with Gasteiger partial charge in [0.2, 0.25) is 0 Å². The molecule has 2 N–H and O–H groups in total. The van der Waals surface area contributed by atoms with Gasteiger partial charge in [0.25, 0.3) is 0 Å². The number of nitrogens with zero attached hydrogens (tertiary/aromatic N) is 1. The summed E-state index contributed by atoms with van der Waals surface area (Å²) >= 11 is 5.68. The van der Waals surface area contributed by atoms with Crippen molar-refractivity contribution in [3.05, 3.63) is 28.8 Å². The van der Waals surface area contributed by atoms with E-state index in [-0.39, 0.29) is 22.0 Å². The van der Waals surface area contributed by atoms with Crippen molar-refractivity contribution in [1.82, 2.24) is 0 Å². The fourth-order valence-electron chi connectivity index (χ4n) is 1.60. The van der Waals surface area contributed by atoms with Crippen molar-refractivity contribution in [2.75, 3.05) is 0 Å². The van der Waals surface area contributed by atoms with E-state index in [2.05, 4.69) is 9.89 Å². The SMILES string of the molecule is O/N=C1\CC(O)(C(F)(F)F)Oc2ccc(Cl)cc21. The van der Waals surface area contributed by atoms with E-state index in [1.54, 1.807) is 0 Å². The van der Waals surface area contributed by atoms with Gasteiger partial charge in [-0.3, -0.25) is 0 Å². The van der Waals surface area contributed by atoms with Crippen LogP contribution >= 0.6 is 11.6 Å². The fraction of sp³-hybridized carbons (Fsp3) is 0.300. The van der Waals surface area contributed by atoms with Crippen LogP contribution in [0.15, 0.2) is 23.4 Å². The molecular formula is C10H7ClF3NO3. The van der Waals surface area contributed by atoms with Gasteiger partial charge in [-0.25, -0.2) is 0 Å². The van der Waals surface area contributed by atoms with E-state index >= 15 is 0 Å². The van der Waals surface area contributed by atoms with Crippen LogP contribution in [0.3, 0.4) is 0 Å². The first-order valence-electron chi connectivity index (χ1n) is 4.76. The molecule has 1 aromatic carbocycles. The number of rotatable bonds is 0. The van der Waals surface area contributed by atoms with Gasteiger partial charge in [-0.2, -0.15) is 13.2 Å². The van der Waals surface area contributed by atoms with E-state index in [9.17, 15) is 18.3 Å². The highest BCUT2D eigenvalue weighted by Crippen LogP contribution is 2.42. The summed E-state index contributed by atoms with van der Waals surface area (Å²) in [6.45, 7) is 0. The molecule has 0 aromatic heterocycles. The average Bonchev–Trinajstić information content (AvgIpc) is 2.27. The zero-order valence-electron chi connectivity index (χ0n) is 8.70. The maximum atomic E-state index is 12.7. The summed E-state index contributed by atoms with van der Waals surface area (Å²) in [5.74, 6) is -3.66. The molecule has 0 spiro atoms. The Balaban J connectivity index is 2.54. The van der Waals surface area contributed by atoms with Gasteiger partial charge in [0, 0.05) is 10.6 Å². The highest BCUT2D eigenvalue weighted by molar-refractivity contribution is 6.31. The molecule has 1 atom stereocenters. The molecule has 1 aromatic rings. The summed E-state index contributed by atoms with van der Waals surface area (Å²) in [5, 5.41) is 21.2. The first-order valence-corrected chi connectivity index (χ1v) is 5.13. The predicted molar refractivity (Wildman–Crippen MR) is 56.0 cm³/mol. The lowest BCUT2D eigenvalue weighted by molar-refractivity contribution is -0.333. The highest BCUT2D eigenvalue weighted by atomic mass is 35.5. The molecule has 4 nitrogen and oxygen atoms in total. The molecular weight excluding hydrogens is 275 g/mol. The predicted octanol–water partition coefficient (Wildman–Crippen LogP) is 2.55. The van der Waals surface area contributed by atoms with Crippen LogP contribution in [0.25, 0.3) is 0 Å². The quantitative estimate of drug-likeness (QED) is 0.567. The molecule has 0 bridgehead atoms. The Labute approximate surface area is 104 Å². The topological polar surface area (TPSA) is 62.1 Å². The van der Waals surface area contributed by atoms with Gasteiger partial charge in [-0.1, -0.05) is 16.8 Å². The van der Waals surface area contributed by atoms with Crippen molar-refractivity contribution in [1.29, 1.82) is 0 Å². The Morgan fingerprint density at radius 2 is 2.06 bits per heavy atom. The Morgan fingerprint density at radius 1 is 1.39 bits per heavy atom.